The van der Waals surface area contributed by atoms with Crippen LogP contribution in [0.5, 0.6) is 0 Å². The summed E-state index contributed by atoms with van der Waals surface area (Å²) in [5.41, 5.74) is 0. The minimum Gasteiger partial charge on any atom is -0.300 e. The maximum Gasteiger partial charge on any atom is 0.129 e. The summed E-state index contributed by atoms with van der Waals surface area (Å²) in [4.78, 5) is 10.8. The fourth-order valence-corrected chi connectivity index (χ4v) is 2.63. The quantitative estimate of drug-likeness (QED) is 0.628. The second-order valence-electron chi connectivity index (χ2n) is 5.09. The molecule has 82 valence electrons. The van der Waals surface area contributed by atoms with Crippen LogP contribution in [0.15, 0.2) is 0 Å². The maximum absolute atomic E-state index is 10.8. The third kappa shape index (κ3) is 4.78. The molecule has 1 rings (SSSR count). The number of Topliss-reactive ketones (excluding diaryl/α,β-unsaturated/α-hetero) is 1. The Bertz CT molecular complexity index is 168. The summed E-state index contributed by atoms with van der Waals surface area (Å²) in [6.07, 6.45) is 10.3. The molecule has 0 radical (unpaired) electrons. The van der Waals surface area contributed by atoms with Crippen molar-refractivity contribution in [1.82, 2.24) is 0 Å². The van der Waals surface area contributed by atoms with E-state index in [0.29, 0.717) is 5.78 Å². The monoisotopic (exact) mass is 196 g/mol. The lowest BCUT2D eigenvalue weighted by atomic mass is 9.91. The van der Waals surface area contributed by atoms with Crippen LogP contribution in [0.4, 0.5) is 0 Å². The van der Waals surface area contributed by atoms with Gasteiger partial charge in [-0.25, -0.2) is 0 Å². The molecule has 0 heterocycles. The lowest BCUT2D eigenvalue weighted by Gasteiger charge is -2.15. The van der Waals surface area contributed by atoms with Gasteiger partial charge < -0.3 is 4.79 Å². The second-order valence-corrected chi connectivity index (χ2v) is 5.09. The first-order valence-corrected chi connectivity index (χ1v) is 6.18. The van der Waals surface area contributed by atoms with Crippen molar-refractivity contribution >= 4 is 5.78 Å². The summed E-state index contributed by atoms with van der Waals surface area (Å²) in [5.74, 6) is 2.18. The predicted octanol–water partition coefficient (Wildman–Crippen LogP) is 3.96. The topological polar surface area (TPSA) is 17.1 Å². The zero-order chi connectivity index (χ0) is 10.4. The van der Waals surface area contributed by atoms with E-state index in [1.165, 1.54) is 38.5 Å². The molecule has 0 N–H and O–H groups in total. The number of ketones is 1. The highest BCUT2D eigenvalue weighted by Crippen LogP contribution is 2.31. The Hall–Kier alpha value is -0.330. The zero-order valence-electron chi connectivity index (χ0n) is 9.72. The Kier molecular flexibility index (Phi) is 5.21. The molecule has 1 nitrogen and oxygen atoms in total. The molecule has 1 atom stereocenters. The molecule has 1 saturated carbocycles. The van der Waals surface area contributed by atoms with Crippen LogP contribution in [0.3, 0.4) is 0 Å². The molecule has 0 aliphatic heterocycles. The predicted molar refractivity (Wildman–Crippen MR) is 60.3 cm³/mol. The molecule has 1 aliphatic rings. The van der Waals surface area contributed by atoms with Crippen molar-refractivity contribution in [2.45, 2.75) is 65.2 Å². The van der Waals surface area contributed by atoms with Gasteiger partial charge in [-0.05, 0) is 31.6 Å². The number of hydrogen-bond acceptors (Lipinski definition) is 1. The van der Waals surface area contributed by atoms with Crippen LogP contribution in [-0.4, -0.2) is 5.78 Å². The number of hydrogen-bond donors (Lipinski definition) is 0. The standard InChI is InChI=1S/C13H24O/c1-11(6-5-7-12(2)14)10-13-8-3-4-9-13/h11,13H,3-10H2,1-2H3. The Balaban J connectivity index is 2.03. The minimum absolute atomic E-state index is 0.345. The summed E-state index contributed by atoms with van der Waals surface area (Å²) in [5, 5.41) is 0. The first-order chi connectivity index (χ1) is 6.68. The Morgan fingerprint density at radius 1 is 1.36 bits per heavy atom. The number of carbonyl (C=O) groups excluding carboxylic acids is 1. The molecule has 1 heteroatoms. The minimum atomic E-state index is 0.345. The van der Waals surface area contributed by atoms with Gasteiger partial charge in [0.05, 0.1) is 0 Å². The third-order valence-electron chi connectivity index (χ3n) is 3.44. The molecule has 0 aromatic rings. The molecule has 0 saturated heterocycles. The van der Waals surface area contributed by atoms with Gasteiger partial charge in [-0.2, -0.15) is 0 Å². The van der Waals surface area contributed by atoms with Crippen molar-refractivity contribution in [3.63, 3.8) is 0 Å². The van der Waals surface area contributed by atoms with Crippen LogP contribution < -0.4 is 0 Å². The molecule has 0 amide bonds. The normalized spacial score (nSPS) is 19.9. The maximum atomic E-state index is 10.8. The largest absolute Gasteiger partial charge is 0.300 e. The smallest absolute Gasteiger partial charge is 0.129 e. The first kappa shape index (κ1) is 11.7. The summed E-state index contributed by atoms with van der Waals surface area (Å²) >= 11 is 0. The molecule has 0 spiro atoms. The van der Waals surface area contributed by atoms with Crippen molar-refractivity contribution in [1.29, 1.82) is 0 Å². The van der Waals surface area contributed by atoms with E-state index >= 15 is 0 Å². The average Bonchev–Trinajstić information content (AvgIpc) is 2.56. The summed E-state index contributed by atoms with van der Waals surface area (Å²) in [7, 11) is 0. The molecule has 1 aliphatic carbocycles. The summed E-state index contributed by atoms with van der Waals surface area (Å²) < 4.78 is 0. The number of carbonyl (C=O) groups is 1. The van der Waals surface area contributed by atoms with Gasteiger partial charge in [0.2, 0.25) is 0 Å². The van der Waals surface area contributed by atoms with E-state index in [1.807, 2.05) is 0 Å². The van der Waals surface area contributed by atoms with Crippen LogP contribution in [0.25, 0.3) is 0 Å². The van der Waals surface area contributed by atoms with Gasteiger partial charge in [0.25, 0.3) is 0 Å². The first-order valence-electron chi connectivity index (χ1n) is 6.18. The van der Waals surface area contributed by atoms with Crippen molar-refractivity contribution in [3.05, 3.63) is 0 Å². The molecular weight excluding hydrogens is 172 g/mol. The van der Waals surface area contributed by atoms with Crippen molar-refractivity contribution in [2.24, 2.45) is 11.8 Å². The van der Waals surface area contributed by atoms with E-state index in [4.69, 9.17) is 0 Å². The molecule has 0 bridgehead atoms. The molecular formula is C13H24O. The second kappa shape index (κ2) is 6.21. The Morgan fingerprint density at radius 3 is 2.57 bits per heavy atom. The third-order valence-corrected chi connectivity index (χ3v) is 3.44. The van der Waals surface area contributed by atoms with Crippen LogP contribution in [0, 0.1) is 11.8 Å². The summed E-state index contributed by atoms with van der Waals surface area (Å²) in [6, 6.07) is 0. The number of rotatable bonds is 6. The van der Waals surface area contributed by atoms with Crippen LogP contribution in [0.1, 0.15) is 65.2 Å². The lowest BCUT2D eigenvalue weighted by Crippen LogP contribution is -2.03. The Morgan fingerprint density at radius 2 is 2.00 bits per heavy atom. The zero-order valence-corrected chi connectivity index (χ0v) is 9.72. The van der Waals surface area contributed by atoms with Crippen molar-refractivity contribution < 1.29 is 4.79 Å². The highest BCUT2D eigenvalue weighted by molar-refractivity contribution is 5.75. The summed E-state index contributed by atoms with van der Waals surface area (Å²) in [6.45, 7) is 4.04. The van der Waals surface area contributed by atoms with Gasteiger partial charge in [0.15, 0.2) is 0 Å². The van der Waals surface area contributed by atoms with E-state index in [9.17, 15) is 4.79 Å². The highest BCUT2D eigenvalue weighted by Gasteiger charge is 2.17. The van der Waals surface area contributed by atoms with Gasteiger partial charge in [-0.3, -0.25) is 0 Å². The van der Waals surface area contributed by atoms with E-state index in [2.05, 4.69) is 6.92 Å². The van der Waals surface area contributed by atoms with Crippen LogP contribution in [-0.2, 0) is 4.79 Å². The van der Waals surface area contributed by atoms with Crippen LogP contribution >= 0.6 is 0 Å². The van der Waals surface area contributed by atoms with E-state index in [1.54, 1.807) is 6.92 Å². The van der Waals surface area contributed by atoms with Crippen LogP contribution in [0.2, 0.25) is 0 Å². The van der Waals surface area contributed by atoms with E-state index in [0.717, 1.165) is 24.7 Å². The average molecular weight is 196 g/mol. The Labute approximate surface area is 88.3 Å². The van der Waals surface area contributed by atoms with E-state index < -0.39 is 0 Å². The molecule has 0 aromatic carbocycles. The SMILES string of the molecule is CC(=O)CCCC(C)CC1CCCC1. The van der Waals surface area contributed by atoms with Gasteiger partial charge in [-0.15, -0.1) is 0 Å². The molecule has 1 unspecified atom stereocenters. The lowest BCUT2D eigenvalue weighted by molar-refractivity contribution is -0.117. The highest BCUT2D eigenvalue weighted by atomic mass is 16.1. The van der Waals surface area contributed by atoms with Gasteiger partial charge in [-0.1, -0.05) is 39.0 Å². The van der Waals surface area contributed by atoms with Gasteiger partial charge in [0.1, 0.15) is 5.78 Å². The molecule has 1 fully saturated rings. The van der Waals surface area contributed by atoms with Gasteiger partial charge in [0, 0.05) is 6.42 Å². The molecule has 0 aromatic heterocycles. The van der Waals surface area contributed by atoms with Crippen molar-refractivity contribution in [3.8, 4) is 0 Å². The molecule has 14 heavy (non-hydrogen) atoms. The van der Waals surface area contributed by atoms with Crippen molar-refractivity contribution in [2.75, 3.05) is 0 Å². The fourth-order valence-electron chi connectivity index (χ4n) is 2.63. The van der Waals surface area contributed by atoms with E-state index in [-0.39, 0.29) is 0 Å². The van der Waals surface area contributed by atoms with Gasteiger partial charge >= 0.3 is 0 Å². The fraction of sp³-hybridized carbons (Fsp3) is 0.923.